The molecule has 0 aliphatic heterocycles. The average Bonchev–Trinajstić information content (AvgIpc) is 2.76. The molecule has 1 aromatic heterocycles. The van der Waals surface area contributed by atoms with Crippen LogP contribution in [-0.2, 0) is 16.4 Å². The maximum absolute atomic E-state index is 11.3. The molecule has 6 heteroatoms. The van der Waals surface area contributed by atoms with Crippen LogP contribution in [0.3, 0.4) is 0 Å². The molecule has 0 saturated carbocycles. The van der Waals surface area contributed by atoms with E-state index in [9.17, 15) is 8.42 Å². The molecule has 0 unspecified atom stereocenters. The highest BCUT2D eigenvalue weighted by atomic mass is 32.2. The minimum absolute atomic E-state index is 0.315. The molecule has 0 saturated heterocycles. The molecule has 4 nitrogen and oxygen atoms in total. The Kier molecular flexibility index (Phi) is 3.28. The normalized spacial score (nSPS) is 11.6. The second kappa shape index (κ2) is 4.56. The van der Waals surface area contributed by atoms with Gasteiger partial charge in [0.25, 0.3) is 0 Å². The smallest absolute Gasteiger partial charge is 0.175 e. The molecule has 17 heavy (non-hydrogen) atoms. The summed E-state index contributed by atoms with van der Waals surface area (Å²) >= 11 is 1.36. The van der Waals surface area contributed by atoms with Crippen LogP contribution in [0.5, 0.6) is 0 Å². The third-order valence-corrected chi connectivity index (χ3v) is 4.27. The summed E-state index contributed by atoms with van der Waals surface area (Å²) in [6.07, 6.45) is 1.19. The van der Waals surface area contributed by atoms with Gasteiger partial charge in [0.15, 0.2) is 9.84 Å². The topological polar surface area (TPSA) is 73.0 Å². The fraction of sp³-hybridized carbons (Fsp3) is 0.182. The Labute approximate surface area is 104 Å². The number of nitrogens with zero attached hydrogens (tertiary/aromatic N) is 1. The molecular formula is C11H12N2O2S2. The molecule has 0 amide bonds. The summed E-state index contributed by atoms with van der Waals surface area (Å²) in [5.74, 6) is 0. The van der Waals surface area contributed by atoms with Crippen LogP contribution in [0.15, 0.2) is 35.2 Å². The lowest BCUT2D eigenvalue weighted by atomic mass is 10.1. The molecular weight excluding hydrogens is 256 g/mol. The predicted molar refractivity (Wildman–Crippen MR) is 68.6 cm³/mol. The summed E-state index contributed by atoms with van der Waals surface area (Å²) in [5, 5.41) is 0. The lowest BCUT2D eigenvalue weighted by molar-refractivity contribution is 0.602. The van der Waals surface area contributed by atoms with Crippen molar-refractivity contribution >= 4 is 21.4 Å². The van der Waals surface area contributed by atoms with Crippen molar-refractivity contribution in [3.05, 3.63) is 35.2 Å². The summed E-state index contributed by atoms with van der Waals surface area (Å²) in [5.41, 5.74) is 7.24. The van der Waals surface area contributed by atoms with Gasteiger partial charge in [-0.05, 0) is 29.7 Å². The number of nitrogens with two attached hydrogens (primary N) is 1. The van der Waals surface area contributed by atoms with E-state index in [0.717, 1.165) is 16.1 Å². The van der Waals surface area contributed by atoms with E-state index >= 15 is 0 Å². The average molecular weight is 268 g/mol. The van der Waals surface area contributed by atoms with Crippen molar-refractivity contribution in [1.29, 1.82) is 0 Å². The van der Waals surface area contributed by atoms with E-state index in [1.165, 1.54) is 17.8 Å². The number of sulfone groups is 1. The van der Waals surface area contributed by atoms with Gasteiger partial charge in [-0.1, -0.05) is 12.1 Å². The molecule has 0 radical (unpaired) electrons. The minimum atomic E-state index is -3.14. The van der Waals surface area contributed by atoms with Crippen molar-refractivity contribution in [3.63, 3.8) is 0 Å². The van der Waals surface area contributed by atoms with Gasteiger partial charge in [0.2, 0.25) is 0 Å². The maximum atomic E-state index is 11.3. The van der Waals surface area contributed by atoms with Gasteiger partial charge in [-0.3, -0.25) is 0 Å². The summed E-state index contributed by atoms with van der Waals surface area (Å²) < 4.78 is 26.9. The van der Waals surface area contributed by atoms with E-state index in [4.69, 9.17) is 5.73 Å². The summed E-state index contributed by atoms with van der Waals surface area (Å²) in [7, 11) is -3.14. The standard InChI is InChI=1S/C11H12N2O2S2/c1-17(14,15)10-4-2-8(3-5-10)11-6-9(7-12)16-13-11/h2-6H,7,12H2,1H3. The molecule has 0 bridgehead atoms. The van der Waals surface area contributed by atoms with Crippen LogP contribution in [-0.4, -0.2) is 19.0 Å². The van der Waals surface area contributed by atoms with E-state index in [1.807, 2.05) is 6.07 Å². The molecule has 1 heterocycles. The Morgan fingerprint density at radius 1 is 1.29 bits per heavy atom. The van der Waals surface area contributed by atoms with E-state index in [1.54, 1.807) is 24.3 Å². The molecule has 0 spiro atoms. The Hall–Kier alpha value is -1.24. The molecule has 0 atom stereocenters. The molecule has 2 N–H and O–H groups in total. The Morgan fingerprint density at radius 3 is 2.41 bits per heavy atom. The fourth-order valence-corrected chi connectivity index (χ4v) is 2.66. The quantitative estimate of drug-likeness (QED) is 0.919. The Bertz CT molecular complexity index is 615. The van der Waals surface area contributed by atoms with Gasteiger partial charge < -0.3 is 5.73 Å². The molecule has 1 aromatic carbocycles. The first-order valence-electron chi connectivity index (χ1n) is 4.97. The van der Waals surface area contributed by atoms with Gasteiger partial charge in [-0.15, -0.1) is 0 Å². The largest absolute Gasteiger partial charge is 0.326 e. The van der Waals surface area contributed by atoms with E-state index < -0.39 is 9.84 Å². The number of hydrogen-bond donors (Lipinski definition) is 1. The molecule has 0 aliphatic rings. The van der Waals surface area contributed by atoms with Crippen LogP contribution in [0, 0.1) is 0 Å². The number of benzene rings is 1. The predicted octanol–water partition coefficient (Wildman–Crippen LogP) is 1.67. The van der Waals surface area contributed by atoms with Crippen molar-refractivity contribution in [2.75, 3.05) is 6.26 Å². The minimum Gasteiger partial charge on any atom is -0.326 e. The van der Waals surface area contributed by atoms with Crippen LogP contribution < -0.4 is 5.73 Å². The first kappa shape index (κ1) is 12.2. The Morgan fingerprint density at radius 2 is 1.94 bits per heavy atom. The van der Waals surface area contributed by atoms with Crippen molar-refractivity contribution < 1.29 is 8.42 Å². The zero-order valence-electron chi connectivity index (χ0n) is 9.25. The van der Waals surface area contributed by atoms with E-state index in [-0.39, 0.29) is 0 Å². The van der Waals surface area contributed by atoms with Gasteiger partial charge in [0, 0.05) is 23.2 Å². The molecule has 90 valence electrons. The number of hydrogen-bond acceptors (Lipinski definition) is 5. The van der Waals surface area contributed by atoms with Gasteiger partial charge in [0.05, 0.1) is 10.6 Å². The zero-order valence-corrected chi connectivity index (χ0v) is 10.9. The maximum Gasteiger partial charge on any atom is 0.175 e. The summed E-state index contributed by atoms with van der Waals surface area (Å²) in [6.45, 7) is 0.471. The third kappa shape index (κ3) is 2.71. The van der Waals surface area contributed by atoms with Crippen molar-refractivity contribution in [3.8, 4) is 11.3 Å². The van der Waals surface area contributed by atoms with Crippen LogP contribution in [0.25, 0.3) is 11.3 Å². The second-order valence-electron chi connectivity index (χ2n) is 3.68. The summed E-state index contributed by atoms with van der Waals surface area (Å²) in [4.78, 5) is 1.32. The lowest BCUT2D eigenvalue weighted by Gasteiger charge is -1.99. The van der Waals surface area contributed by atoms with E-state index in [2.05, 4.69) is 4.37 Å². The number of rotatable bonds is 3. The molecule has 0 aliphatic carbocycles. The first-order chi connectivity index (χ1) is 8.00. The van der Waals surface area contributed by atoms with Crippen LogP contribution in [0.2, 0.25) is 0 Å². The van der Waals surface area contributed by atoms with Gasteiger partial charge in [-0.25, -0.2) is 8.42 Å². The number of aromatic nitrogens is 1. The first-order valence-corrected chi connectivity index (χ1v) is 7.63. The monoisotopic (exact) mass is 268 g/mol. The summed E-state index contributed by atoms with van der Waals surface area (Å²) in [6, 6.07) is 8.61. The third-order valence-electron chi connectivity index (χ3n) is 2.34. The van der Waals surface area contributed by atoms with Gasteiger partial charge in [-0.2, -0.15) is 4.37 Å². The fourth-order valence-electron chi connectivity index (χ4n) is 1.42. The van der Waals surface area contributed by atoms with Crippen molar-refractivity contribution in [1.82, 2.24) is 4.37 Å². The van der Waals surface area contributed by atoms with Crippen molar-refractivity contribution in [2.24, 2.45) is 5.73 Å². The van der Waals surface area contributed by atoms with Crippen LogP contribution in [0.1, 0.15) is 4.88 Å². The lowest BCUT2D eigenvalue weighted by Crippen LogP contribution is -1.96. The van der Waals surface area contributed by atoms with E-state index in [0.29, 0.717) is 11.4 Å². The van der Waals surface area contributed by atoms with Crippen LogP contribution in [0.4, 0.5) is 0 Å². The highest BCUT2D eigenvalue weighted by molar-refractivity contribution is 7.90. The van der Waals surface area contributed by atoms with Gasteiger partial charge in [0.1, 0.15) is 0 Å². The molecule has 0 fully saturated rings. The Balaban J connectivity index is 2.35. The second-order valence-corrected chi connectivity index (χ2v) is 6.58. The SMILES string of the molecule is CS(=O)(=O)c1ccc(-c2cc(CN)sn2)cc1. The highest BCUT2D eigenvalue weighted by Gasteiger charge is 2.08. The van der Waals surface area contributed by atoms with Crippen LogP contribution >= 0.6 is 11.5 Å². The van der Waals surface area contributed by atoms with Crippen molar-refractivity contribution in [2.45, 2.75) is 11.4 Å². The zero-order chi connectivity index (χ0) is 12.5. The molecule has 2 aromatic rings. The highest BCUT2D eigenvalue weighted by Crippen LogP contribution is 2.23. The molecule has 2 rings (SSSR count). The van der Waals surface area contributed by atoms with Gasteiger partial charge >= 0.3 is 0 Å².